The van der Waals surface area contributed by atoms with Gasteiger partial charge in [-0.15, -0.1) is 5.10 Å². The second-order valence-corrected chi connectivity index (χ2v) is 3.57. The first-order valence-electron chi connectivity index (χ1n) is 5.29. The van der Waals surface area contributed by atoms with Gasteiger partial charge in [-0.2, -0.15) is 5.10 Å². The van der Waals surface area contributed by atoms with Crippen LogP contribution in [0.15, 0.2) is 39.0 Å². The molecule has 2 rings (SSSR count). The van der Waals surface area contributed by atoms with Crippen LogP contribution in [0, 0.1) is 10.1 Å². The van der Waals surface area contributed by atoms with Gasteiger partial charge in [0.25, 0.3) is 11.2 Å². The highest BCUT2D eigenvalue weighted by Gasteiger charge is 2.03. The lowest BCUT2D eigenvalue weighted by Gasteiger charge is -1.96. The van der Waals surface area contributed by atoms with Crippen LogP contribution in [0.25, 0.3) is 0 Å². The molecule has 0 unspecified atom stereocenters. The van der Waals surface area contributed by atoms with Crippen molar-refractivity contribution in [1.29, 1.82) is 0 Å². The topological polar surface area (TPSA) is 146 Å². The first kappa shape index (κ1) is 13.1. The molecule has 1 aromatic heterocycles. The number of nitro groups is 1. The molecule has 0 spiro atoms. The zero-order valence-electron chi connectivity index (χ0n) is 9.86. The Labute approximate surface area is 110 Å². The highest BCUT2D eigenvalue weighted by atomic mass is 16.6. The largest absolute Gasteiger partial charge is 0.342 e. The molecule has 0 fully saturated rings. The summed E-state index contributed by atoms with van der Waals surface area (Å²) in [6, 6.07) is 5.64. The number of aromatic amines is 2. The maximum atomic E-state index is 11.3. The molecule has 2 aromatic rings. The second kappa shape index (κ2) is 5.56. The van der Waals surface area contributed by atoms with E-state index in [4.69, 9.17) is 0 Å². The molecule has 1 heterocycles. The Morgan fingerprint density at radius 1 is 1.30 bits per heavy atom. The van der Waals surface area contributed by atoms with Crippen molar-refractivity contribution in [2.45, 2.75) is 0 Å². The van der Waals surface area contributed by atoms with Crippen LogP contribution in [-0.2, 0) is 0 Å². The molecule has 10 heteroatoms. The fourth-order valence-corrected chi connectivity index (χ4v) is 1.27. The quantitative estimate of drug-likeness (QED) is 0.400. The van der Waals surface area contributed by atoms with Crippen LogP contribution in [0.3, 0.4) is 0 Å². The number of hydrogen-bond donors (Lipinski definition) is 3. The third kappa shape index (κ3) is 3.13. The van der Waals surface area contributed by atoms with Crippen molar-refractivity contribution in [1.82, 2.24) is 15.2 Å². The van der Waals surface area contributed by atoms with Crippen molar-refractivity contribution < 1.29 is 4.92 Å². The lowest BCUT2D eigenvalue weighted by molar-refractivity contribution is -0.384. The predicted octanol–water partition coefficient (Wildman–Crippen LogP) is -0.188. The third-order valence-corrected chi connectivity index (χ3v) is 2.20. The van der Waals surface area contributed by atoms with E-state index >= 15 is 0 Å². The molecular weight excluding hydrogens is 268 g/mol. The summed E-state index contributed by atoms with van der Waals surface area (Å²) in [5, 5.41) is 19.7. The van der Waals surface area contributed by atoms with E-state index < -0.39 is 16.2 Å². The first-order valence-corrected chi connectivity index (χ1v) is 5.29. The van der Waals surface area contributed by atoms with E-state index in [2.05, 4.69) is 15.6 Å². The van der Waals surface area contributed by atoms with Crippen LogP contribution in [0.1, 0.15) is 5.56 Å². The van der Waals surface area contributed by atoms with Gasteiger partial charge >= 0.3 is 5.69 Å². The van der Waals surface area contributed by atoms with Gasteiger partial charge in [-0.3, -0.25) is 25.3 Å². The van der Waals surface area contributed by atoms with Crippen LogP contribution >= 0.6 is 0 Å². The number of H-pyrrole nitrogens is 2. The molecular formula is C10H8N6O4. The molecule has 0 atom stereocenters. The fraction of sp³-hybridized carbons (Fsp3) is 0. The maximum Gasteiger partial charge on any atom is 0.342 e. The molecule has 20 heavy (non-hydrogen) atoms. The summed E-state index contributed by atoms with van der Waals surface area (Å²) < 4.78 is 0. The molecule has 0 bridgehead atoms. The highest BCUT2D eigenvalue weighted by molar-refractivity contribution is 5.80. The van der Waals surface area contributed by atoms with Gasteiger partial charge in [-0.1, -0.05) is 0 Å². The third-order valence-electron chi connectivity index (χ3n) is 2.20. The Bertz CT molecular complexity index is 760. The van der Waals surface area contributed by atoms with Gasteiger partial charge in [-0.05, 0) is 17.7 Å². The van der Waals surface area contributed by atoms with Crippen molar-refractivity contribution in [3.8, 4) is 0 Å². The summed E-state index contributed by atoms with van der Waals surface area (Å²) in [6.45, 7) is 0. The summed E-state index contributed by atoms with van der Waals surface area (Å²) in [7, 11) is 0. The first-order chi connectivity index (χ1) is 9.56. The number of nitro benzene ring substituents is 1. The Hall–Kier alpha value is -3.30. The zero-order valence-corrected chi connectivity index (χ0v) is 9.86. The van der Waals surface area contributed by atoms with Gasteiger partial charge in [0, 0.05) is 12.1 Å². The Balaban J connectivity index is 2.08. The van der Waals surface area contributed by atoms with Gasteiger partial charge in [0.05, 0.1) is 11.1 Å². The average Bonchev–Trinajstić information content (AvgIpc) is 2.42. The Kier molecular flexibility index (Phi) is 3.65. The smallest absolute Gasteiger partial charge is 0.270 e. The molecule has 0 amide bonds. The molecule has 1 aromatic carbocycles. The monoisotopic (exact) mass is 276 g/mol. The number of aromatic nitrogens is 3. The van der Waals surface area contributed by atoms with Crippen molar-refractivity contribution in [2.24, 2.45) is 5.10 Å². The number of benzene rings is 1. The van der Waals surface area contributed by atoms with Gasteiger partial charge in [0.1, 0.15) is 0 Å². The summed E-state index contributed by atoms with van der Waals surface area (Å²) in [5.74, 6) is -0.178. The number of rotatable bonds is 4. The van der Waals surface area contributed by atoms with Crippen LogP contribution < -0.4 is 16.7 Å². The van der Waals surface area contributed by atoms with E-state index in [0.717, 1.165) is 0 Å². The number of hydrazone groups is 1. The number of non-ortho nitro benzene ring substituents is 1. The standard InChI is InChI=1S/C10H8N6O4/c17-9-8(14-15-10(18)12-9)13-11-5-6-1-3-7(4-2-6)16(19)20/h1-5H,(H,13,14)(H2,12,15,17,18). The fourth-order valence-electron chi connectivity index (χ4n) is 1.27. The van der Waals surface area contributed by atoms with Crippen LogP contribution in [0.5, 0.6) is 0 Å². The summed E-state index contributed by atoms with van der Waals surface area (Å²) in [5.41, 5.74) is 1.45. The number of nitrogens with zero attached hydrogens (tertiary/aromatic N) is 3. The Morgan fingerprint density at radius 3 is 2.60 bits per heavy atom. The number of anilines is 1. The molecule has 0 aliphatic carbocycles. The average molecular weight is 276 g/mol. The normalized spacial score (nSPS) is 10.6. The van der Waals surface area contributed by atoms with Gasteiger partial charge in [0.15, 0.2) is 0 Å². The van der Waals surface area contributed by atoms with Crippen molar-refractivity contribution >= 4 is 17.7 Å². The minimum Gasteiger partial charge on any atom is -0.270 e. The zero-order chi connectivity index (χ0) is 14.5. The minimum absolute atomic E-state index is 0.0335. The molecule has 102 valence electrons. The minimum atomic E-state index is -0.722. The maximum absolute atomic E-state index is 11.3. The number of nitrogens with one attached hydrogen (secondary N) is 3. The molecule has 10 nitrogen and oxygen atoms in total. The lowest BCUT2D eigenvalue weighted by atomic mass is 10.2. The second-order valence-electron chi connectivity index (χ2n) is 3.57. The van der Waals surface area contributed by atoms with Gasteiger partial charge in [0.2, 0.25) is 5.82 Å². The predicted molar refractivity (Wildman–Crippen MR) is 69.8 cm³/mol. The summed E-state index contributed by atoms with van der Waals surface area (Å²) in [6.07, 6.45) is 1.34. The van der Waals surface area contributed by atoms with Crippen LogP contribution in [0.4, 0.5) is 11.5 Å². The summed E-state index contributed by atoms with van der Waals surface area (Å²) >= 11 is 0. The van der Waals surface area contributed by atoms with Gasteiger partial charge < -0.3 is 0 Å². The van der Waals surface area contributed by atoms with E-state index in [0.29, 0.717) is 5.56 Å². The van der Waals surface area contributed by atoms with Crippen molar-refractivity contribution in [3.05, 3.63) is 60.8 Å². The Morgan fingerprint density at radius 2 is 2.00 bits per heavy atom. The lowest BCUT2D eigenvalue weighted by Crippen LogP contribution is -2.25. The molecule has 3 N–H and O–H groups in total. The molecule has 0 radical (unpaired) electrons. The van der Waals surface area contributed by atoms with Crippen LogP contribution in [-0.4, -0.2) is 26.3 Å². The van der Waals surface area contributed by atoms with Crippen molar-refractivity contribution in [3.63, 3.8) is 0 Å². The van der Waals surface area contributed by atoms with Crippen LogP contribution in [0.2, 0.25) is 0 Å². The highest BCUT2D eigenvalue weighted by Crippen LogP contribution is 2.10. The molecule has 0 aliphatic heterocycles. The van der Waals surface area contributed by atoms with Crippen molar-refractivity contribution in [2.75, 3.05) is 5.43 Å². The molecule has 0 saturated carbocycles. The molecule has 0 aliphatic rings. The van der Waals surface area contributed by atoms with E-state index in [-0.39, 0.29) is 11.5 Å². The SMILES string of the molecule is O=c1[nH]nc(NN=Cc2ccc([N+](=O)[O-])cc2)c(=O)[nH]1. The van der Waals surface area contributed by atoms with E-state index in [1.165, 1.54) is 30.5 Å². The number of hydrogen-bond acceptors (Lipinski definition) is 7. The van der Waals surface area contributed by atoms with E-state index in [9.17, 15) is 19.7 Å². The summed E-state index contributed by atoms with van der Waals surface area (Å²) in [4.78, 5) is 33.9. The van der Waals surface area contributed by atoms with E-state index in [1.807, 2.05) is 10.1 Å². The van der Waals surface area contributed by atoms with Gasteiger partial charge in [-0.25, -0.2) is 9.89 Å². The van der Waals surface area contributed by atoms with E-state index in [1.54, 1.807) is 0 Å². The molecule has 0 saturated heterocycles.